The Balaban J connectivity index is 1.64. The molecule has 0 saturated carbocycles. The lowest BCUT2D eigenvalue weighted by Gasteiger charge is -2.12. The fraction of sp³-hybridized carbons (Fsp3) is 0.0476. The number of nitrogens with one attached hydrogen (secondary N) is 2. The molecule has 0 aromatic heterocycles. The highest BCUT2D eigenvalue weighted by atomic mass is 19.2. The van der Waals surface area contributed by atoms with Crippen LogP contribution in [0.3, 0.4) is 0 Å². The molecule has 0 saturated heterocycles. The number of amides is 1. The smallest absolute Gasteiger partial charge is 0.340 e. The van der Waals surface area contributed by atoms with Gasteiger partial charge in [0.1, 0.15) is 0 Å². The van der Waals surface area contributed by atoms with Crippen molar-refractivity contribution in [3.05, 3.63) is 89.7 Å². The summed E-state index contributed by atoms with van der Waals surface area (Å²) in [4.78, 5) is 24.2. The third-order valence-electron chi connectivity index (χ3n) is 3.84. The van der Waals surface area contributed by atoms with Crippen LogP contribution in [0.5, 0.6) is 0 Å². The normalized spacial score (nSPS) is 10.3. The van der Waals surface area contributed by atoms with Crippen molar-refractivity contribution in [1.29, 1.82) is 0 Å². The molecule has 1 amide bonds. The molecule has 0 aliphatic rings. The summed E-state index contributed by atoms with van der Waals surface area (Å²) in [7, 11) is 0. The molecule has 0 heterocycles. The van der Waals surface area contributed by atoms with Crippen molar-refractivity contribution in [2.24, 2.45) is 0 Å². The number of hydrogen-bond acceptors (Lipinski definition) is 4. The van der Waals surface area contributed by atoms with Crippen molar-refractivity contribution in [2.45, 2.75) is 0 Å². The standard InChI is InChI=1S/C21H15F3N2O3/c22-15-10-11-17(20(24)19(15)23)26-18(27)12-29-21(28)14-8-4-5-9-16(14)25-13-6-2-1-3-7-13/h1-11,25H,12H2,(H,26,27). The molecule has 2 N–H and O–H groups in total. The fourth-order valence-corrected chi connectivity index (χ4v) is 2.46. The molecule has 3 rings (SSSR count). The maximum atomic E-state index is 13.6. The quantitative estimate of drug-likeness (QED) is 0.467. The van der Waals surface area contributed by atoms with Gasteiger partial charge in [0, 0.05) is 5.69 Å². The predicted molar refractivity (Wildman–Crippen MR) is 101 cm³/mol. The number of hydrogen-bond donors (Lipinski definition) is 2. The van der Waals surface area contributed by atoms with E-state index in [-0.39, 0.29) is 5.56 Å². The van der Waals surface area contributed by atoms with Crippen LogP contribution in [0.4, 0.5) is 30.2 Å². The minimum atomic E-state index is -1.71. The second-order valence-corrected chi connectivity index (χ2v) is 5.88. The van der Waals surface area contributed by atoms with Gasteiger partial charge >= 0.3 is 5.97 Å². The van der Waals surface area contributed by atoms with Crippen molar-refractivity contribution in [1.82, 2.24) is 0 Å². The van der Waals surface area contributed by atoms with Crippen LogP contribution in [0.15, 0.2) is 66.7 Å². The zero-order valence-electron chi connectivity index (χ0n) is 14.9. The summed E-state index contributed by atoms with van der Waals surface area (Å²) in [6, 6.07) is 17.2. The van der Waals surface area contributed by atoms with Gasteiger partial charge in [-0.05, 0) is 36.4 Å². The van der Waals surface area contributed by atoms with Crippen LogP contribution >= 0.6 is 0 Å². The van der Waals surface area contributed by atoms with Gasteiger partial charge in [-0.2, -0.15) is 0 Å². The highest BCUT2D eigenvalue weighted by Gasteiger charge is 2.17. The summed E-state index contributed by atoms with van der Waals surface area (Å²) < 4.78 is 44.7. The Kier molecular flexibility index (Phi) is 6.13. The number of benzene rings is 3. The highest BCUT2D eigenvalue weighted by Crippen LogP contribution is 2.22. The highest BCUT2D eigenvalue weighted by molar-refractivity contribution is 5.99. The van der Waals surface area contributed by atoms with E-state index in [1.54, 1.807) is 18.2 Å². The molecule has 3 aromatic rings. The fourth-order valence-electron chi connectivity index (χ4n) is 2.46. The van der Waals surface area contributed by atoms with Gasteiger partial charge in [0.05, 0.1) is 16.9 Å². The molecule has 5 nitrogen and oxygen atoms in total. The average Bonchev–Trinajstić information content (AvgIpc) is 2.73. The molecule has 8 heteroatoms. The molecule has 3 aromatic carbocycles. The monoisotopic (exact) mass is 400 g/mol. The molecule has 0 aliphatic heterocycles. The van der Waals surface area contributed by atoms with Crippen LogP contribution in [0.1, 0.15) is 10.4 Å². The van der Waals surface area contributed by atoms with Gasteiger partial charge in [-0.25, -0.2) is 18.0 Å². The molecule has 0 aliphatic carbocycles. The van der Waals surface area contributed by atoms with Gasteiger partial charge in [0.15, 0.2) is 24.1 Å². The van der Waals surface area contributed by atoms with Crippen LogP contribution in [0, 0.1) is 17.5 Å². The Labute approximate surface area is 164 Å². The number of halogens is 3. The van der Waals surface area contributed by atoms with Crippen molar-refractivity contribution < 1.29 is 27.5 Å². The predicted octanol–water partition coefficient (Wildman–Crippen LogP) is 4.64. The van der Waals surface area contributed by atoms with Crippen molar-refractivity contribution in [3.63, 3.8) is 0 Å². The SMILES string of the molecule is O=C(COC(=O)c1ccccc1Nc1ccccc1)Nc1ccc(F)c(F)c1F. The summed E-state index contributed by atoms with van der Waals surface area (Å²) in [5.41, 5.74) is 0.842. The first-order valence-corrected chi connectivity index (χ1v) is 8.47. The minimum Gasteiger partial charge on any atom is -0.452 e. The Bertz CT molecular complexity index is 1040. The largest absolute Gasteiger partial charge is 0.452 e. The Morgan fingerprint density at radius 2 is 1.48 bits per heavy atom. The van der Waals surface area contributed by atoms with Crippen molar-refractivity contribution in [2.75, 3.05) is 17.2 Å². The van der Waals surface area contributed by atoms with Crippen LogP contribution in [0.25, 0.3) is 0 Å². The van der Waals surface area contributed by atoms with Gasteiger partial charge in [-0.15, -0.1) is 0 Å². The third kappa shape index (κ3) is 4.92. The minimum absolute atomic E-state index is 0.183. The number of ether oxygens (including phenoxy) is 1. The van der Waals surface area contributed by atoms with E-state index < -0.39 is 41.6 Å². The molecule has 0 radical (unpaired) electrons. The van der Waals surface area contributed by atoms with E-state index in [1.807, 2.05) is 35.6 Å². The zero-order chi connectivity index (χ0) is 20.8. The summed E-state index contributed by atoms with van der Waals surface area (Å²) in [6.45, 7) is -0.739. The lowest BCUT2D eigenvalue weighted by molar-refractivity contribution is -0.119. The molecule has 0 fully saturated rings. The lowest BCUT2D eigenvalue weighted by Crippen LogP contribution is -2.22. The molecule has 148 valence electrons. The molecule has 0 unspecified atom stereocenters. The van der Waals surface area contributed by atoms with Crippen LogP contribution in [0.2, 0.25) is 0 Å². The van der Waals surface area contributed by atoms with Gasteiger partial charge in [-0.1, -0.05) is 30.3 Å². The molecule has 0 spiro atoms. The lowest BCUT2D eigenvalue weighted by atomic mass is 10.1. The van der Waals surface area contributed by atoms with Crippen molar-refractivity contribution >= 4 is 28.9 Å². The van der Waals surface area contributed by atoms with Gasteiger partial charge in [-0.3, -0.25) is 4.79 Å². The number of anilines is 3. The Hall–Kier alpha value is -3.81. The van der Waals surface area contributed by atoms with E-state index in [9.17, 15) is 22.8 Å². The van der Waals surface area contributed by atoms with E-state index in [0.29, 0.717) is 11.8 Å². The van der Waals surface area contributed by atoms with Crippen LogP contribution in [-0.2, 0) is 9.53 Å². The number of rotatable bonds is 6. The number of carbonyl (C=O) groups is 2. The van der Waals surface area contributed by atoms with E-state index in [1.165, 1.54) is 6.07 Å². The van der Waals surface area contributed by atoms with Crippen LogP contribution in [-0.4, -0.2) is 18.5 Å². The number of para-hydroxylation sites is 2. The molecule has 29 heavy (non-hydrogen) atoms. The molecular weight excluding hydrogens is 385 g/mol. The second-order valence-electron chi connectivity index (χ2n) is 5.88. The first kappa shape index (κ1) is 19.9. The third-order valence-corrected chi connectivity index (χ3v) is 3.84. The topological polar surface area (TPSA) is 67.4 Å². The average molecular weight is 400 g/mol. The zero-order valence-corrected chi connectivity index (χ0v) is 14.9. The summed E-state index contributed by atoms with van der Waals surface area (Å²) in [5, 5.41) is 5.10. The number of carbonyl (C=O) groups excluding carboxylic acids is 2. The van der Waals surface area contributed by atoms with E-state index >= 15 is 0 Å². The van der Waals surface area contributed by atoms with E-state index in [0.717, 1.165) is 11.8 Å². The second kappa shape index (κ2) is 8.92. The van der Waals surface area contributed by atoms with Crippen LogP contribution < -0.4 is 10.6 Å². The number of esters is 1. The van der Waals surface area contributed by atoms with E-state index in [4.69, 9.17) is 4.74 Å². The first-order valence-electron chi connectivity index (χ1n) is 8.47. The van der Waals surface area contributed by atoms with E-state index in [2.05, 4.69) is 5.32 Å². The summed E-state index contributed by atoms with van der Waals surface area (Å²) in [6.07, 6.45) is 0. The van der Waals surface area contributed by atoms with Crippen molar-refractivity contribution in [3.8, 4) is 0 Å². The van der Waals surface area contributed by atoms with Gasteiger partial charge in [0.2, 0.25) is 0 Å². The molecule has 0 bridgehead atoms. The summed E-state index contributed by atoms with van der Waals surface area (Å²) >= 11 is 0. The Morgan fingerprint density at radius 3 is 2.24 bits per heavy atom. The maximum Gasteiger partial charge on any atom is 0.340 e. The van der Waals surface area contributed by atoms with Gasteiger partial charge < -0.3 is 15.4 Å². The molecule has 0 atom stereocenters. The molecular formula is C21H15F3N2O3. The van der Waals surface area contributed by atoms with Gasteiger partial charge in [0.25, 0.3) is 5.91 Å². The summed E-state index contributed by atoms with van der Waals surface area (Å²) in [5.74, 6) is -6.32. The maximum absolute atomic E-state index is 13.6. The first-order chi connectivity index (χ1) is 14.0. The Morgan fingerprint density at radius 1 is 0.793 bits per heavy atom.